The molecule has 0 radical (unpaired) electrons. The molecule has 4 nitrogen and oxygen atoms in total. The van der Waals surface area contributed by atoms with Gasteiger partial charge in [-0.15, -0.1) is 0 Å². The first-order valence-electron chi connectivity index (χ1n) is 7.50. The minimum atomic E-state index is -4.84. The van der Waals surface area contributed by atoms with Crippen molar-refractivity contribution in [1.82, 2.24) is 4.57 Å². The van der Waals surface area contributed by atoms with E-state index in [4.69, 9.17) is 6.57 Å². The third-order valence-electron chi connectivity index (χ3n) is 3.73. The third-order valence-corrected chi connectivity index (χ3v) is 3.73. The Hall–Kier alpha value is -2.88. The molecule has 0 fully saturated rings. The van der Waals surface area contributed by atoms with Gasteiger partial charge in [0.2, 0.25) is 0 Å². The Morgan fingerprint density at radius 3 is 2.48 bits per heavy atom. The molecule has 0 saturated carbocycles. The van der Waals surface area contributed by atoms with E-state index in [0.717, 1.165) is 16.2 Å². The molecule has 0 aliphatic rings. The standard InChI is InChI=1S/C18H15F3N2O2/c1-4-13(24)10-23-15(12-7-5-6-11(2)8-12)9-14(18(19,20)21)16(22-3)17(23)25/h5-9H,4,10H2,1-2H3. The summed E-state index contributed by atoms with van der Waals surface area (Å²) in [5.74, 6) is -0.313. The van der Waals surface area contributed by atoms with Gasteiger partial charge >= 0.3 is 6.18 Å². The van der Waals surface area contributed by atoms with Crippen LogP contribution in [-0.2, 0) is 17.5 Å². The monoisotopic (exact) mass is 348 g/mol. The number of aromatic nitrogens is 1. The highest BCUT2D eigenvalue weighted by atomic mass is 19.4. The second-order valence-corrected chi connectivity index (χ2v) is 5.55. The minimum absolute atomic E-state index is 0.0322. The fourth-order valence-corrected chi connectivity index (χ4v) is 2.45. The van der Waals surface area contributed by atoms with Gasteiger partial charge in [0.05, 0.1) is 18.7 Å². The number of ketones is 1. The van der Waals surface area contributed by atoms with Crippen LogP contribution in [0.3, 0.4) is 0 Å². The Bertz CT molecular complexity index is 921. The Labute approximate surface area is 142 Å². The number of aryl methyl sites for hydroxylation is 1. The summed E-state index contributed by atoms with van der Waals surface area (Å²) in [7, 11) is 0. The maximum Gasteiger partial charge on any atom is 0.407 e. The van der Waals surface area contributed by atoms with Crippen molar-refractivity contribution in [2.75, 3.05) is 0 Å². The van der Waals surface area contributed by atoms with E-state index in [2.05, 4.69) is 4.85 Å². The van der Waals surface area contributed by atoms with Crippen LogP contribution in [0.2, 0.25) is 0 Å². The largest absolute Gasteiger partial charge is 0.407 e. The number of alkyl halides is 3. The van der Waals surface area contributed by atoms with Crippen LogP contribution in [0, 0.1) is 13.5 Å². The van der Waals surface area contributed by atoms with Crippen LogP contribution >= 0.6 is 0 Å². The third kappa shape index (κ3) is 3.79. The Morgan fingerprint density at radius 2 is 1.96 bits per heavy atom. The van der Waals surface area contributed by atoms with Crippen molar-refractivity contribution < 1.29 is 18.0 Å². The van der Waals surface area contributed by atoms with E-state index in [1.54, 1.807) is 38.1 Å². The number of carbonyl (C=O) groups excluding carboxylic acids is 1. The summed E-state index contributed by atoms with van der Waals surface area (Å²) in [6.45, 7) is 9.95. The average molecular weight is 348 g/mol. The molecule has 0 bridgehead atoms. The lowest BCUT2D eigenvalue weighted by atomic mass is 10.0. The van der Waals surface area contributed by atoms with Crippen LogP contribution in [0.15, 0.2) is 35.1 Å². The number of hydrogen-bond donors (Lipinski definition) is 0. The maximum absolute atomic E-state index is 13.3. The quantitative estimate of drug-likeness (QED) is 0.770. The number of hydrogen-bond acceptors (Lipinski definition) is 2. The zero-order valence-corrected chi connectivity index (χ0v) is 13.6. The molecule has 1 heterocycles. The number of Topliss-reactive ketones (excluding diaryl/α,β-unsaturated/α-hetero) is 1. The predicted octanol–water partition coefficient (Wildman–Crippen LogP) is 4.37. The highest BCUT2D eigenvalue weighted by Crippen LogP contribution is 2.37. The van der Waals surface area contributed by atoms with Crippen LogP contribution in [0.1, 0.15) is 24.5 Å². The normalized spacial score (nSPS) is 11.2. The lowest BCUT2D eigenvalue weighted by molar-refractivity contribution is -0.136. The molecular formula is C18H15F3N2O2. The Morgan fingerprint density at radius 1 is 1.28 bits per heavy atom. The SMILES string of the molecule is [C-]#[N+]c1c(C(F)(F)F)cc(-c2cccc(C)c2)n(CC(=O)CC)c1=O. The van der Waals surface area contributed by atoms with Crippen LogP contribution in [0.5, 0.6) is 0 Å². The van der Waals surface area contributed by atoms with Crippen LogP contribution in [-0.4, -0.2) is 10.4 Å². The van der Waals surface area contributed by atoms with Gasteiger partial charge in [-0.2, -0.15) is 13.2 Å². The highest BCUT2D eigenvalue weighted by molar-refractivity contribution is 5.79. The van der Waals surface area contributed by atoms with Gasteiger partial charge < -0.3 is 4.57 Å². The van der Waals surface area contributed by atoms with E-state index in [-0.39, 0.29) is 24.4 Å². The number of benzene rings is 1. The Kier molecular flexibility index (Phi) is 5.12. The summed E-state index contributed by atoms with van der Waals surface area (Å²) in [5, 5.41) is 0. The number of carbonyl (C=O) groups is 1. The van der Waals surface area contributed by atoms with Crippen LogP contribution in [0.4, 0.5) is 18.9 Å². The van der Waals surface area contributed by atoms with Gasteiger partial charge in [0, 0.05) is 12.1 Å². The maximum atomic E-state index is 13.3. The minimum Gasteiger partial charge on any atom is -0.310 e. The summed E-state index contributed by atoms with van der Waals surface area (Å²) >= 11 is 0. The number of halogens is 3. The molecule has 2 aromatic rings. The number of pyridine rings is 1. The van der Waals surface area contributed by atoms with E-state index in [9.17, 15) is 22.8 Å². The topological polar surface area (TPSA) is 43.4 Å². The van der Waals surface area contributed by atoms with Crippen LogP contribution < -0.4 is 5.56 Å². The first-order chi connectivity index (χ1) is 11.7. The second-order valence-electron chi connectivity index (χ2n) is 5.55. The average Bonchev–Trinajstić information content (AvgIpc) is 2.55. The van der Waals surface area contributed by atoms with Crippen molar-refractivity contribution in [2.45, 2.75) is 33.0 Å². The summed E-state index contributed by atoms with van der Waals surface area (Å²) < 4.78 is 40.8. The van der Waals surface area contributed by atoms with Gasteiger partial charge in [0.15, 0.2) is 5.78 Å². The fraction of sp³-hybridized carbons (Fsp3) is 0.278. The lowest BCUT2D eigenvalue weighted by Gasteiger charge is -2.17. The molecule has 0 aliphatic carbocycles. The molecule has 0 spiro atoms. The number of nitrogens with zero attached hydrogens (tertiary/aromatic N) is 2. The molecule has 0 N–H and O–H groups in total. The number of rotatable bonds is 4. The Balaban J connectivity index is 2.87. The zero-order valence-electron chi connectivity index (χ0n) is 13.6. The fourth-order valence-electron chi connectivity index (χ4n) is 2.45. The van der Waals surface area contributed by atoms with Gasteiger partial charge in [-0.25, -0.2) is 4.85 Å². The highest BCUT2D eigenvalue weighted by Gasteiger charge is 2.36. The molecule has 0 atom stereocenters. The van der Waals surface area contributed by atoms with E-state index in [0.29, 0.717) is 5.56 Å². The van der Waals surface area contributed by atoms with E-state index in [1.807, 2.05) is 0 Å². The van der Waals surface area contributed by atoms with Crippen molar-refractivity contribution >= 4 is 11.5 Å². The van der Waals surface area contributed by atoms with Crippen LogP contribution in [0.25, 0.3) is 16.1 Å². The van der Waals surface area contributed by atoms with Gasteiger partial charge in [0.1, 0.15) is 0 Å². The van der Waals surface area contributed by atoms with Gasteiger partial charge in [0.25, 0.3) is 11.2 Å². The van der Waals surface area contributed by atoms with Gasteiger partial charge in [-0.3, -0.25) is 9.59 Å². The predicted molar refractivity (Wildman–Crippen MR) is 87.4 cm³/mol. The van der Waals surface area contributed by atoms with E-state index >= 15 is 0 Å². The molecule has 25 heavy (non-hydrogen) atoms. The molecule has 2 rings (SSSR count). The van der Waals surface area contributed by atoms with Gasteiger partial charge in [-0.05, 0) is 24.6 Å². The first kappa shape index (κ1) is 18.5. The molecule has 0 unspecified atom stereocenters. The summed E-state index contributed by atoms with van der Waals surface area (Å²) in [6, 6.07) is 7.37. The smallest absolute Gasteiger partial charge is 0.310 e. The van der Waals surface area contributed by atoms with Gasteiger partial charge in [-0.1, -0.05) is 30.7 Å². The van der Waals surface area contributed by atoms with E-state index < -0.39 is 23.0 Å². The molecular weight excluding hydrogens is 333 g/mol. The molecule has 0 aliphatic heterocycles. The molecule has 1 aromatic carbocycles. The van der Waals surface area contributed by atoms with Crippen molar-refractivity contribution in [2.24, 2.45) is 0 Å². The lowest BCUT2D eigenvalue weighted by Crippen LogP contribution is -2.27. The van der Waals surface area contributed by atoms with E-state index in [1.165, 1.54) is 0 Å². The molecule has 7 heteroatoms. The summed E-state index contributed by atoms with van der Waals surface area (Å²) in [6.07, 6.45) is -4.71. The molecule has 130 valence electrons. The molecule has 0 amide bonds. The first-order valence-corrected chi connectivity index (χ1v) is 7.50. The zero-order chi connectivity index (χ0) is 18.8. The molecule has 1 aromatic heterocycles. The van der Waals surface area contributed by atoms with Crippen molar-refractivity contribution in [3.05, 3.63) is 63.2 Å². The second kappa shape index (κ2) is 6.93. The van der Waals surface area contributed by atoms with Crippen molar-refractivity contribution in [3.8, 4) is 11.3 Å². The van der Waals surface area contributed by atoms with Crippen molar-refractivity contribution in [1.29, 1.82) is 0 Å². The van der Waals surface area contributed by atoms with Crippen molar-refractivity contribution in [3.63, 3.8) is 0 Å². The molecule has 0 saturated heterocycles. The summed E-state index contributed by atoms with van der Waals surface area (Å²) in [5.41, 5.74) is -2.28. The summed E-state index contributed by atoms with van der Waals surface area (Å²) in [4.78, 5) is 27.1.